The first-order valence-corrected chi connectivity index (χ1v) is 6.36. The van der Waals surface area contributed by atoms with E-state index in [0.717, 1.165) is 29.3 Å². The van der Waals surface area contributed by atoms with Gasteiger partial charge in [-0.1, -0.05) is 13.8 Å². The maximum absolute atomic E-state index is 5.73. The minimum atomic E-state index is 0.0830. The molecule has 0 aromatic heterocycles. The van der Waals surface area contributed by atoms with Gasteiger partial charge in [-0.2, -0.15) is 0 Å². The molecule has 1 aliphatic rings. The number of hydrogen-bond acceptors (Lipinski definition) is 4. The zero-order chi connectivity index (χ0) is 13.2. The number of aryl methyl sites for hydroxylation is 1. The van der Waals surface area contributed by atoms with Gasteiger partial charge in [0.25, 0.3) is 0 Å². The van der Waals surface area contributed by atoms with Crippen LogP contribution >= 0.6 is 0 Å². The van der Waals surface area contributed by atoms with Crippen molar-refractivity contribution in [1.82, 2.24) is 0 Å². The van der Waals surface area contributed by atoms with Crippen LogP contribution in [0.2, 0.25) is 0 Å². The van der Waals surface area contributed by atoms with Gasteiger partial charge in [-0.25, -0.2) is 0 Å². The molecule has 0 amide bonds. The molecule has 0 radical (unpaired) electrons. The third-order valence-corrected chi connectivity index (χ3v) is 3.20. The number of benzene rings is 1. The lowest BCUT2D eigenvalue weighted by atomic mass is 9.93. The van der Waals surface area contributed by atoms with Gasteiger partial charge in [-0.15, -0.1) is 0 Å². The maximum Gasteiger partial charge on any atom is 0.163 e. The molecule has 2 rings (SSSR count). The molecule has 4 nitrogen and oxygen atoms in total. The highest BCUT2D eigenvalue weighted by Gasteiger charge is 2.18. The third kappa shape index (κ3) is 2.88. The molecule has 0 fully saturated rings. The van der Waals surface area contributed by atoms with Crippen LogP contribution < -0.4 is 20.5 Å². The van der Waals surface area contributed by atoms with Gasteiger partial charge in [0, 0.05) is 18.3 Å². The van der Waals surface area contributed by atoms with Gasteiger partial charge in [0.05, 0.1) is 0 Å². The Morgan fingerprint density at radius 1 is 1.22 bits per heavy atom. The lowest BCUT2D eigenvalue weighted by Crippen LogP contribution is -2.31. The van der Waals surface area contributed by atoms with Crippen molar-refractivity contribution >= 4 is 5.69 Å². The SMILES string of the molecule is Cc1cc2c(cc1NCC(C)(C)CN)OCCO2. The molecule has 18 heavy (non-hydrogen) atoms. The minimum Gasteiger partial charge on any atom is -0.486 e. The molecule has 3 N–H and O–H groups in total. The summed E-state index contributed by atoms with van der Waals surface area (Å²) in [5, 5.41) is 3.44. The quantitative estimate of drug-likeness (QED) is 0.860. The van der Waals surface area contributed by atoms with E-state index in [0.29, 0.717) is 19.8 Å². The monoisotopic (exact) mass is 250 g/mol. The number of fused-ring (bicyclic) bond motifs is 1. The molecule has 4 heteroatoms. The van der Waals surface area contributed by atoms with Crippen molar-refractivity contribution in [3.8, 4) is 11.5 Å². The van der Waals surface area contributed by atoms with Crippen molar-refractivity contribution in [3.05, 3.63) is 17.7 Å². The van der Waals surface area contributed by atoms with Crippen molar-refractivity contribution in [2.24, 2.45) is 11.1 Å². The van der Waals surface area contributed by atoms with Gasteiger partial charge in [-0.3, -0.25) is 0 Å². The molecule has 1 heterocycles. The summed E-state index contributed by atoms with van der Waals surface area (Å²) >= 11 is 0. The second-order valence-electron chi connectivity index (χ2n) is 5.53. The number of anilines is 1. The normalized spacial score (nSPS) is 14.4. The van der Waals surface area contributed by atoms with E-state index in [1.165, 1.54) is 0 Å². The van der Waals surface area contributed by atoms with Crippen LogP contribution in [0.15, 0.2) is 12.1 Å². The molecule has 0 unspecified atom stereocenters. The van der Waals surface area contributed by atoms with E-state index >= 15 is 0 Å². The average Bonchev–Trinajstić information content (AvgIpc) is 2.36. The van der Waals surface area contributed by atoms with E-state index in [9.17, 15) is 0 Å². The lowest BCUT2D eigenvalue weighted by molar-refractivity contribution is 0.171. The first kappa shape index (κ1) is 13.0. The predicted octanol–water partition coefficient (Wildman–Crippen LogP) is 2.16. The Morgan fingerprint density at radius 3 is 2.44 bits per heavy atom. The molecule has 0 atom stereocenters. The van der Waals surface area contributed by atoms with Crippen LogP contribution in [0.1, 0.15) is 19.4 Å². The molecule has 0 saturated carbocycles. The average molecular weight is 250 g/mol. The number of nitrogens with two attached hydrogens (primary N) is 1. The van der Waals surface area contributed by atoms with Crippen LogP contribution in [0.5, 0.6) is 11.5 Å². The fraction of sp³-hybridized carbons (Fsp3) is 0.571. The highest BCUT2D eigenvalue weighted by molar-refractivity contribution is 5.60. The van der Waals surface area contributed by atoms with Gasteiger partial charge in [-0.05, 0) is 30.5 Å². The van der Waals surface area contributed by atoms with E-state index in [-0.39, 0.29) is 5.41 Å². The highest BCUT2D eigenvalue weighted by Crippen LogP contribution is 2.35. The number of rotatable bonds is 4. The van der Waals surface area contributed by atoms with E-state index in [1.54, 1.807) is 0 Å². The predicted molar refractivity (Wildman–Crippen MR) is 73.5 cm³/mol. The van der Waals surface area contributed by atoms with Crippen molar-refractivity contribution in [2.45, 2.75) is 20.8 Å². The van der Waals surface area contributed by atoms with Crippen LogP contribution in [-0.4, -0.2) is 26.3 Å². The zero-order valence-corrected chi connectivity index (χ0v) is 11.4. The fourth-order valence-corrected chi connectivity index (χ4v) is 1.79. The molecule has 1 aromatic carbocycles. The summed E-state index contributed by atoms with van der Waals surface area (Å²) in [6, 6.07) is 4.03. The molecule has 0 spiro atoms. The van der Waals surface area contributed by atoms with Gasteiger partial charge in [0.1, 0.15) is 13.2 Å². The molecule has 100 valence electrons. The Balaban J connectivity index is 2.13. The Morgan fingerprint density at radius 2 is 1.83 bits per heavy atom. The summed E-state index contributed by atoms with van der Waals surface area (Å²) in [5.74, 6) is 1.65. The van der Waals surface area contributed by atoms with Crippen molar-refractivity contribution < 1.29 is 9.47 Å². The molecular weight excluding hydrogens is 228 g/mol. The number of ether oxygens (including phenoxy) is 2. The maximum atomic E-state index is 5.73. The van der Waals surface area contributed by atoms with Crippen LogP contribution in [0.25, 0.3) is 0 Å². The summed E-state index contributed by atoms with van der Waals surface area (Å²) < 4.78 is 11.1. The van der Waals surface area contributed by atoms with Crippen LogP contribution in [0.3, 0.4) is 0 Å². The van der Waals surface area contributed by atoms with Gasteiger partial charge < -0.3 is 20.5 Å². The molecule has 1 aromatic rings. The van der Waals surface area contributed by atoms with Gasteiger partial charge >= 0.3 is 0 Å². The Kier molecular flexibility index (Phi) is 3.66. The molecule has 0 bridgehead atoms. The van der Waals surface area contributed by atoms with Crippen LogP contribution in [0.4, 0.5) is 5.69 Å². The Bertz CT molecular complexity index is 430. The molecule has 1 aliphatic heterocycles. The second kappa shape index (κ2) is 5.06. The Hall–Kier alpha value is -1.42. The number of nitrogens with one attached hydrogen (secondary N) is 1. The van der Waals surface area contributed by atoms with Gasteiger partial charge in [0.2, 0.25) is 0 Å². The first-order valence-electron chi connectivity index (χ1n) is 6.36. The second-order valence-corrected chi connectivity index (χ2v) is 5.53. The van der Waals surface area contributed by atoms with E-state index in [4.69, 9.17) is 15.2 Å². The summed E-state index contributed by atoms with van der Waals surface area (Å²) in [6.45, 7) is 9.09. The van der Waals surface area contributed by atoms with Crippen molar-refractivity contribution in [1.29, 1.82) is 0 Å². The summed E-state index contributed by atoms with van der Waals surface area (Å²) in [6.07, 6.45) is 0. The molecule has 0 saturated heterocycles. The third-order valence-electron chi connectivity index (χ3n) is 3.20. The van der Waals surface area contributed by atoms with E-state index < -0.39 is 0 Å². The topological polar surface area (TPSA) is 56.5 Å². The summed E-state index contributed by atoms with van der Waals surface area (Å²) in [4.78, 5) is 0. The van der Waals surface area contributed by atoms with Crippen LogP contribution in [-0.2, 0) is 0 Å². The van der Waals surface area contributed by atoms with Gasteiger partial charge in [0.15, 0.2) is 11.5 Å². The lowest BCUT2D eigenvalue weighted by Gasteiger charge is -2.25. The first-order chi connectivity index (χ1) is 8.52. The minimum absolute atomic E-state index is 0.0830. The largest absolute Gasteiger partial charge is 0.486 e. The van der Waals surface area contributed by atoms with Crippen molar-refractivity contribution in [2.75, 3.05) is 31.6 Å². The fourth-order valence-electron chi connectivity index (χ4n) is 1.79. The van der Waals surface area contributed by atoms with Crippen LogP contribution in [0, 0.1) is 12.3 Å². The van der Waals surface area contributed by atoms with Crippen molar-refractivity contribution in [3.63, 3.8) is 0 Å². The zero-order valence-electron chi connectivity index (χ0n) is 11.4. The molecular formula is C14H22N2O2. The summed E-state index contributed by atoms with van der Waals surface area (Å²) in [7, 11) is 0. The smallest absolute Gasteiger partial charge is 0.163 e. The summed E-state index contributed by atoms with van der Waals surface area (Å²) in [5.41, 5.74) is 8.06. The van der Waals surface area contributed by atoms with E-state index in [2.05, 4.69) is 26.1 Å². The van der Waals surface area contributed by atoms with E-state index in [1.807, 2.05) is 12.1 Å². The molecule has 0 aliphatic carbocycles. The standard InChI is InChI=1S/C14H22N2O2/c1-10-6-12-13(18-5-4-17-12)7-11(10)16-9-14(2,3)8-15/h6-7,16H,4-5,8-9,15H2,1-3H3. The number of hydrogen-bond donors (Lipinski definition) is 2. The highest BCUT2D eigenvalue weighted by atomic mass is 16.6. The Labute approximate surface area is 108 Å².